The van der Waals surface area contributed by atoms with Crippen LogP contribution in [0.25, 0.3) is 0 Å². The van der Waals surface area contributed by atoms with Crippen LogP contribution in [0, 0.1) is 0 Å². The molecule has 1 heterocycles. The highest BCUT2D eigenvalue weighted by Gasteiger charge is 2.26. The van der Waals surface area contributed by atoms with Crippen molar-refractivity contribution in [2.75, 3.05) is 6.54 Å². The lowest BCUT2D eigenvalue weighted by atomic mass is 9.96. The molecule has 2 aliphatic rings. The number of nitrogens with one attached hydrogen (secondary N) is 2. The molecule has 2 N–H and O–H groups in total. The Kier molecular flexibility index (Phi) is 5.38. The number of hydrogen-bond donors (Lipinski definition) is 2. The van der Waals surface area contributed by atoms with Crippen molar-refractivity contribution in [3.8, 4) is 0 Å². The van der Waals surface area contributed by atoms with Crippen LogP contribution in [0.1, 0.15) is 50.2 Å². The summed E-state index contributed by atoms with van der Waals surface area (Å²) in [6, 6.07) is 7.77. The number of carbonyl (C=O) groups excluding carboxylic acids is 2. The number of nitrogens with zero attached hydrogens (tertiary/aromatic N) is 1. The van der Waals surface area contributed by atoms with Crippen molar-refractivity contribution in [3.63, 3.8) is 0 Å². The van der Waals surface area contributed by atoms with E-state index in [2.05, 4.69) is 22.8 Å². The zero-order valence-electron chi connectivity index (χ0n) is 14.4. The lowest BCUT2D eigenvalue weighted by Crippen LogP contribution is -2.52. The summed E-state index contributed by atoms with van der Waals surface area (Å²) >= 11 is 0. The Morgan fingerprint density at radius 2 is 1.83 bits per heavy atom. The van der Waals surface area contributed by atoms with Gasteiger partial charge in [0.25, 0.3) is 0 Å². The number of urea groups is 1. The van der Waals surface area contributed by atoms with Gasteiger partial charge in [-0.25, -0.2) is 4.79 Å². The van der Waals surface area contributed by atoms with Gasteiger partial charge in [0.1, 0.15) is 6.04 Å². The molecular formula is C19H27N3O2. The second kappa shape index (κ2) is 7.69. The van der Waals surface area contributed by atoms with Crippen molar-refractivity contribution in [2.24, 2.45) is 0 Å². The molecule has 5 heteroatoms. The molecule has 1 saturated carbocycles. The quantitative estimate of drug-likeness (QED) is 0.895. The number of carbonyl (C=O) groups is 2. The summed E-state index contributed by atoms with van der Waals surface area (Å²) in [6.07, 6.45) is 6.56. The molecule has 3 rings (SSSR count). The molecule has 0 bridgehead atoms. The van der Waals surface area contributed by atoms with E-state index >= 15 is 0 Å². The van der Waals surface area contributed by atoms with E-state index in [0.717, 1.165) is 19.3 Å². The van der Waals surface area contributed by atoms with E-state index in [1.807, 2.05) is 17.0 Å². The van der Waals surface area contributed by atoms with Crippen molar-refractivity contribution >= 4 is 11.9 Å². The summed E-state index contributed by atoms with van der Waals surface area (Å²) in [6.45, 7) is 3.11. The topological polar surface area (TPSA) is 61.4 Å². The van der Waals surface area contributed by atoms with E-state index in [4.69, 9.17) is 0 Å². The Hall–Kier alpha value is -2.04. The maximum atomic E-state index is 12.6. The molecule has 1 aliphatic heterocycles. The average Bonchev–Trinajstić information content (AvgIpc) is 2.61. The minimum atomic E-state index is -0.501. The highest BCUT2D eigenvalue weighted by molar-refractivity contribution is 5.87. The molecule has 3 amide bonds. The Morgan fingerprint density at radius 3 is 2.58 bits per heavy atom. The predicted molar refractivity (Wildman–Crippen MR) is 93.6 cm³/mol. The fourth-order valence-corrected chi connectivity index (χ4v) is 3.69. The summed E-state index contributed by atoms with van der Waals surface area (Å²) in [5.74, 6) is -0.0108. The Bertz CT molecular complexity index is 596. The van der Waals surface area contributed by atoms with Gasteiger partial charge >= 0.3 is 6.03 Å². The van der Waals surface area contributed by atoms with Crippen LogP contribution in [-0.2, 0) is 17.8 Å². The summed E-state index contributed by atoms with van der Waals surface area (Å²) < 4.78 is 0. The van der Waals surface area contributed by atoms with E-state index in [9.17, 15) is 9.59 Å². The average molecular weight is 329 g/mol. The minimum absolute atomic E-state index is 0.0108. The van der Waals surface area contributed by atoms with Crippen LogP contribution in [0.4, 0.5) is 4.79 Å². The molecule has 1 aromatic rings. The second-order valence-corrected chi connectivity index (χ2v) is 6.95. The van der Waals surface area contributed by atoms with Crippen LogP contribution in [0.5, 0.6) is 0 Å². The van der Waals surface area contributed by atoms with Crippen LogP contribution >= 0.6 is 0 Å². The maximum Gasteiger partial charge on any atom is 0.315 e. The van der Waals surface area contributed by atoms with Gasteiger partial charge in [0.05, 0.1) is 0 Å². The van der Waals surface area contributed by atoms with Gasteiger partial charge in [-0.1, -0.05) is 43.5 Å². The van der Waals surface area contributed by atoms with E-state index < -0.39 is 6.04 Å². The first-order valence-electron chi connectivity index (χ1n) is 9.06. The Morgan fingerprint density at radius 1 is 1.12 bits per heavy atom. The normalized spacial score (nSPS) is 19.3. The molecule has 24 heavy (non-hydrogen) atoms. The first-order valence-corrected chi connectivity index (χ1v) is 9.06. The molecule has 0 saturated heterocycles. The molecule has 1 aromatic carbocycles. The smallest absolute Gasteiger partial charge is 0.315 e. The van der Waals surface area contributed by atoms with Gasteiger partial charge in [-0.05, 0) is 37.3 Å². The highest BCUT2D eigenvalue weighted by Crippen LogP contribution is 2.19. The second-order valence-electron chi connectivity index (χ2n) is 6.95. The van der Waals surface area contributed by atoms with Crippen LogP contribution < -0.4 is 10.6 Å². The van der Waals surface area contributed by atoms with Gasteiger partial charge in [0, 0.05) is 19.1 Å². The lowest BCUT2D eigenvalue weighted by Gasteiger charge is -2.31. The van der Waals surface area contributed by atoms with Gasteiger partial charge < -0.3 is 15.5 Å². The number of benzene rings is 1. The summed E-state index contributed by atoms with van der Waals surface area (Å²) in [4.78, 5) is 26.6. The fraction of sp³-hybridized carbons (Fsp3) is 0.579. The van der Waals surface area contributed by atoms with Gasteiger partial charge in [-0.2, -0.15) is 0 Å². The third kappa shape index (κ3) is 4.08. The zero-order valence-corrected chi connectivity index (χ0v) is 14.4. The van der Waals surface area contributed by atoms with Crippen molar-refractivity contribution in [3.05, 3.63) is 35.4 Å². The number of fused-ring (bicyclic) bond motifs is 1. The fourth-order valence-electron chi connectivity index (χ4n) is 3.69. The summed E-state index contributed by atoms with van der Waals surface area (Å²) in [5.41, 5.74) is 2.52. The van der Waals surface area contributed by atoms with Gasteiger partial charge in [-0.15, -0.1) is 0 Å². The minimum Gasteiger partial charge on any atom is -0.336 e. The van der Waals surface area contributed by atoms with Crippen molar-refractivity contribution in [1.82, 2.24) is 15.5 Å². The molecule has 0 radical (unpaired) electrons. The van der Waals surface area contributed by atoms with Crippen molar-refractivity contribution in [1.29, 1.82) is 0 Å². The molecule has 0 unspecified atom stereocenters. The Labute approximate surface area is 143 Å². The number of rotatable bonds is 3. The summed E-state index contributed by atoms with van der Waals surface area (Å²) in [7, 11) is 0. The first-order chi connectivity index (χ1) is 11.6. The third-order valence-corrected chi connectivity index (χ3v) is 5.10. The van der Waals surface area contributed by atoms with Gasteiger partial charge in [-0.3, -0.25) is 4.79 Å². The monoisotopic (exact) mass is 329 g/mol. The van der Waals surface area contributed by atoms with Crippen LogP contribution in [-0.4, -0.2) is 35.5 Å². The van der Waals surface area contributed by atoms with Gasteiger partial charge in [0.2, 0.25) is 5.91 Å². The highest BCUT2D eigenvalue weighted by atomic mass is 16.2. The third-order valence-electron chi connectivity index (χ3n) is 5.10. The SMILES string of the molecule is C[C@H](NC(=O)NC1CCCCC1)C(=O)N1CCc2ccccc2C1. The number of hydrogen-bond acceptors (Lipinski definition) is 2. The first kappa shape index (κ1) is 16.8. The van der Waals surface area contributed by atoms with Crippen LogP contribution in [0.15, 0.2) is 24.3 Å². The largest absolute Gasteiger partial charge is 0.336 e. The van der Waals surface area contributed by atoms with Crippen LogP contribution in [0.3, 0.4) is 0 Å². The standard InChI is InChI=1S/C19H27N3O2/c1-14(20-19(24)21-17-9-3-2-4-10-17)18(23)22-12-11-15-7-5-6-8-16(15)13-22/h5-8,14,17H,2-4,9-13H2,1H3,(H2,20,21,24)/t14-/m0/s1. The van der Waals surface area contributed by atoms with Crippen LogP contribution in [0.2, 0.25) is 0 Å². The summed E-state index contributed by atoms with van der Waals surface area (Å²) in [5, 5.41) is 5.81. The lowest BCUT2D eigenvalue weighted by molar-refractivity contribution is -0.133. The molecule has 0 aromatic heterocycles. The predicted octanol–water partition coefficient (Wildman–Crippen LogP) is 2.59. The molecule has 1 aliphatic carbocycles. The molecule has 5 nitrogen and oxygen atoms in total. The maximum absolute atomic E-state index is 12.6. The number of amides is 3. The van der Waals surface area contributed by atoms with E-state index in [1.165, 1.54) is 30.4 Å². The molecule has 0 spiro atoms. The van der Waals surface area contributed by atoms with Crippen molar-refractivity contribution < 1.29 is 9.59 Å². The molecule has 1 fully saturated rings. The molecule has 1 atom stereocenters. The Balaban J connectivity index is 1.50. The van der Waals surface area contributed by atoms with Gasteiger partial charge in [0.15, 0.2) is 0 Å². The van der Waals surface area contributed by atoms with E-state index in [1.54, 1.807) is 6.92 Å². The molecule has 130 valence electrons. The van der Waals surface area contributed by atoms with Crippen molar-refractivity contribution in [2.45, 2.75) is 64.1 Å². The zero-order chi connectivity index (χ0) is 16.9. The molecular weight excluding hydrogens is 302 g/mol. The van der Waals surface area contributed by atoms with E-state index in [-0.39, 0.29) is 18.0 Å². The van der Waals surface area contributed by atoms with E-state index in [0.29, 0.717) is 13.1 Å².